The molecule has 2 rings (SSSR count). The fourth-order valence-electron chi connectivity index (χ4n) is 2.45. The van der Waals surface area contributed by atoms with Crippen molar-refractivity contribution in [3.05, 3.63) is 0 Å². The molecular weight excluding hydrogens is 122 g/mol. The molecule has 2 aliphatic rings. The molecule has 0 aromatic carbocycles. The van der Waals surface area contributed by atoms with E-state index in [2.05, 4.69) is 5.32 Å². The van der Waals surface area contributed by atoms with E-state index in [9.17, 15) is 0 Å². The van der Waals surface area contributed by atoms with Gasteiger partial charge in [0.25, 0.3) is 0 Å². The van der Waals surface area contributed by atoms with Crippen LogP contribution in [-0.4, -0.2) is 13.1 Å². The van der Waals surface area contributed by atoms with Crippen molar-refractivity contribution in [3.8, 4) is 0 Å². The van der Waals surface area contributed by atoms with E-state index in [4.69, 9.17) is 0 Å². The van der Waals surface area contributed by atoms with Gasteiger partial charge in [-0.1, -0.05) is 19.3 Å². The van der Waals surface area contributed by atoms with Crippen molar-refractivity contribution in [1.82, 2.24) is 5.32 Å². The predicted molar refractivity (Wildman–Crippen MR) is 42.9 cm³/mol. The van der Waals surface area contributed by atoms with Crippen LogP contribution in [-0.2, 0) is 0 Å². The minimum atomic E-state index is 1.04. The first-order chi connectivity index (χ1) is 4.97. The zero-order chi connectivity index (χ0) is 6.81. The lowest BCUT2D eigenvalue weighted by Crippen LogP contribution is -2.09. The van der Waals surface area contributed by atoms with E-state index >= 15 is 0 Å². The van der Waals surface area contributed by atoms with Crippen molar-refractivity contribution in [2.45, 2.75) is 32.1 Å². The highest BCUT2D eigenvalue weighted by molar-refractivity contribution is 4.82. The Morgan fingerprint density at radius 1 is 0.800 bits per heavy atom. The van der Waals surface area contributed by atoms with Crippen LogP contribution in [0.1, 0.15) is 32.1 Å². The summed E-state index contributed by atoms with van der Waals surface area (Å²) in [5.74, 6) is 2.09. The highest BCUT2D eigenvalue weighted by Crippen LogP contribution is 2.30. The second kappa shape index (κ2) is 2.91. The molecule has 2 atom stereocenters. The minimum Gasteiger partial charge on any atom is -0.316 e. The summed E-state index contributed by atoms with van der Waals surface area (Å²) in [6.07, 6.45) is 7.47. The summed E-state index contributed by atoms with van der Waals surface area (Å²) in [5, 5.41) is 3.49. The minimum absolute atomic E-state index is 1.04. The summed E-state index contributed by atoms with van der Waals surface area (Å²) in [4.78, 5) is 0. The average Bonchev–Trinajstić information content (AvgIpc) is 2.28. The molecule has 58 valence electrons. The first kappa shape index (κ1) is 6.66. The van der Waals surface area contributed by atoms with Crippen LogP contribution < -0.4 is 5.32 Å². The second-order valence-electron chi connectivity index (χ2n) is 3.82. The number of hydrogen-bond acceptors (Lipinski definition) is 1. The summed E-state index contributed by atoms with van der Waals surface area (Å²) in [5.41, 5.74) is 0. The molecule has 1 saturated carbocycles. The summed E-state index contributed by atoms with van der Waals surface area (Å²) in [7, 11) is 0. The molecule has 1 unspecified atom stereocenters. The molecule has 2 fully saturated rings. The van der Waals surface area contributed by atoms with E-state index in [0.29, 0.717) is 0 Å². The molecule has 1 heterocycles. The van der Waals surface area contributed by atoms with E-state index in [1.54, 1.807) is 0 Å². The summed E-state index contributed by atoms with van der Waals surface area (Å²) < 4.78 is 0. The lowest BCUT2D eigenvalue weighted by Gasteiger charge is -2.12. The van der Waals surface area contributed by atoms with Gasteiger partial charge in [-0.2, -0.15) is 0 Å². The van der Waals surface area contributed by atoms with Crippen LogP contribution in [0.25, 0.3) is 0 Å². The molecule has 0 bridgehead atoms. The molecule has 1 aliphatic carbocycles. The molecule has 1 heteroatoms. The van der Waals surface area contributed by atoms with Crippen LogP contribution >= 0.6 is 0 Å². The van der Waals surface area contributed by atoms with E-state index in [-0.39, 0.29) is 0 Å². The highest BCUT2D eigenvalue weighted by Gasteiger charge is 2.27. The van der Waals surface area contributed by atoms with Crippen molar-refractivity contribution in [1.29, 1.82) is 0 Å². The molecule has 1 N–H and O–H groups in total. The Morgan fingerprint density at radius 3 is 2.00 bits per heavy atom. The first-order valence-electron chi connectivity index (χ1n) is 4.67. The van der Waals surface area contributed by atoms with Crippen molar-refractivity contribution in [2.24, 2.45) is 11.8 Å². The zero-order valence-corrected chi connectivity index (χ0v) is 6.60. The lowest BCUT2D eigenvalue weighted by atomic mass is 9.92. The van der Waals surface area contributed by atoms with Crippen LogP contribution in [0.5, 0.6) is 0 Å². The summed E-state index contributed by atoms with van der Waals surface area (Å²) in [6, 6.07) is 0. The van der Waals surface area contributed by atoms with Gasteiger partial charge in [-0.3, -0.25) is 0 Å². The Hall–Kier alpha value is -0.0400. The van der Waals surface area contributed by atoms with Gasteiger partial charge >= 0.3 is 0 Å². The van der Waals surface area contributed by atoms with Gasteiger partial charge in [0.15, 0.2) is 0 Å². The Kier molecular flexibility index (Phi) is 1.94. The third kappa shape index (κ3) is 1.20. The quantitative estimate of drug-likeness (QED) is 0.539. The maximum atomic E-state index is 3.49. The fourth-order valence-corrected chi connectivity index (χ4v) is 2.45. The van der Waals surface area contributed by atoms with Crippen LogP contribution in [0, 0.1) is 11.8 Å². The monoisotopic (exact) mass is 139 g/mol. The Morgan fingerprint density at radius 2 is 1.40 bits per heavy atom. The third-order valence-corrected chi connectivity index (χ3v) is 3.13. The summed E-state index contributed by atoms with van der Waals surface area (Å²) >= 11 is 0. The standard InChI is InChI=1S/C9H17N/c1-2-4-8-6-10-7-9(8)5-3-1/h8-10H,1-7H2/t8-,9?/m1/s1. The normalized spacial score (nSPS) is 40.8. The molecule has 0 amide bonds. The van der Waals surface area contributed by atoms with E-state index in [1.165, 1.54) is 45.2 Å². The lowest BCUT2D eigenvalue weighted by molar-refractivity contribution is 0.397. The van der Waals surface area contributed by atoms with E-state index in [0.717, 1.165) is 11.8 Å². The molecule has 0 spiro atoms. The van der Waals surface area contributed by atoms with E-state index in [1.807, 2.05) is 0 Å². The van der Waals surface area contributed by atoms with Crippen molar-refractivity contribution < 1.29 is 0 Å². The van der Waals surface area contributed by atoms with Gasteiger partial charge in [-0.05, 0) is 37.8 Å². The smallest absolute Gasteiger partial charge is 0.00173 e. The topological polar surface area (TPSA) is 12.0 Å². The molecule has 0 radical (unpaired) electrons. The molecule has 0 aromatic heterocycles. The number of nitrogens with one attached hydrogen (secondary N) is 1. The van der Waals surface area contributed by atoms with Gasteiger partial charge in [-0.25, -0.2) is 0 Å². The van der Waals surface area contributed by atoms with Crippen LogP contribution in [0.2, 0.25) is 0 Å². The van der Waals surface area contributed by atoms with Gasteiger partial charge < -0.3 is 5.32 Å². The highest BCUT2D eigenvalue weighted by atomic mass is 14.9. The third-order valence-electron chi connectivity index (χ3n) is 3.13. The van der Waals surface area contributed by atoms with Gasteiger partial charge in [0.05, 0.1) is 0 Å². The largest absolute Gasteiger partial charge is 0.316 e. The molecular formula is C9H17N. The molecule has 1 aliphatic heterocycles. The fraction of sp³-hybridized carbons (Fsp3) is 1.00. The zero-order valence-electron chi connectivity index (χ0n) is 6.60. The molecule has 1 nitrogen and oxygen atoms in total. The number of rotatable bonds is 0. The van der Waals surface area contributed by atoms with Crippen molar-refractivity contribution in [3.63, 3.8) is 0 Å². The number of hydrogen-bond donors (Lipinski definition) is 1. The van der Waals surface area contributed by atoms with Gasteiger partial charge in [0.2, 0.25) is 0 Å². The van der Waals surface area contributed by atoms with Gasteiger partial charge in [0.1, 0.15) is 0 Å². The Labute approximate surface area is 63.2 Å². The maximum Gasteiger partial charge on any atom is -0.00173 e. The Balaban J connectivity index is 1.95. The van der Waals surface area contributed by atoms with Gasteiger partial charge in [-0.15, -0.1) is 0 Å². The Bertz CT molecular complexity index is 99.3. The van der Waals surface area contributed by atoms with Crippen LogP contribution in [0.3, 0.4) is 0 Å². The van der Waals surface area contributed by atoms with Crippen molar-refractivity contribution >= 4 is 0 Å². The van der Waals surface area contributed by atoms with Crippen molar-refractivity contribution in [2.75, 3.05) is 13.1 Å². The van der Waals surface area contributed by atoms with Gasteiger partial charge in [0, 0.05) is 0 Å². The van der Waals surface area contributed by atoms with Crippen LogP contribution in [0.15, 0.2) is 0 Å². The second-order valence-corrected chi connectivity index (χ2v) is 3.82. The van der Waals surface area contributed by atoms with Crippen LogP contribution in [0.4, 0.5) is 0 Å². The van der Waals surface area contributed by atoms with E-state index < -0.39 is 0 Å². The molecule has 10 heavy (non-hydrogen) atoms. The SMILES string of the molecule is C1CCC2CNC[C@H]2CC1. The predicted octanol–water partition coefficient (Wildman–Crippen LogP) is 1.79. The first-order valence-corrected chi connectivity index (χ1v) is 4.67. The number of fused-ring (bicyclic) bond motifs is 1. The molecule has 0 aromatic rings. The maximum absolute atomic E-state index is 3.49. The molecule has 1 saturated heterocycles. The summed E-state index contributed by atoms with van der Waals surface area (Å²) in [6.45, 7) is 2.62. The average molecular weight is 139 g/mol.